The quantitative estimate of drug-likeness (QED) is 0.740. The lowest BCUT2D eigenvalue weighted by atomic mass is 9.93. The Bertz CT molecular complexity index is 908. The van der Waals surface area contributed by atoms with Crippen LogP contribution in [0.3, 0.4) is 0 Å². The van der Waals surface area contributed by atoms with Crippen LogP contribution < -0.4 is 5.32 Å². The van der Waals surface area contributed by atoms with Crippen molar-refractivity contribution in [1.29, 1.82) is 0 Å². The van der Waals surface area contributed by atoms with Crippen LogP contribution in [0.2, 0.25) is 0 Å². The smallest absolute Gasteiger partial charge is 0.251 e. The van der Waals surface area contributed by atoms with E-state index >= 15 is 0 Å². The van der Waals surface area contributed by atoms with Gasteiger partial charge < -0.3 is 14.6 Å². The van der Waals surface area contributed by atoms with Crippen LogP contribution >= 0.6 is 0 Å². The van der Waals surface area contributed by atoms with E-state index in [1.54, 1.807) is 6.20 Å². The number of rotatable bonds is 5. The van der Waals surface area contributed by atoms with Gasteiger partial charge in [-0.2, -0.15) is 0 Å². The van der Waals surface area contributed by atoms with Gasteiger partial charge in [-0.15, -0.1) is 0 Å². The zero-order valence-corrected chi connectivity index (χ0v) is 16.0. The van der Waals surface area contributed by atoms with Crippen molar-refractivity contribution < 1.29 is 9.53 Å². The number of hydrogen-bond donors (Lipinski definition) is 1. The van der Waals surface area contributed by atoms with Crippen molar-refractivity contribution in [1.82, 2.24) is 14.9 Å². The molecule has 2 aromatic carbocycles. The van der Waals surface area contributed by atoms with Crippen LogP contribution in [-0.2, 0) is 18.2 Å². The van der Waals surface area contributed by atoms with Gasteiger partial charge in [0.25, 0.3) is 5.91 Å². The van der Waals surface area contributed by atoms with E-state index in [-0.39, 0.29) is 24.2 Å². The number of aryl methyl sites for hydroxylation is 1. The Kier molecular flexibility index (Phi) is 5.53. The SMILES string of the molecule is Cn1ccnc1[C@@H]1C[C@H](NC(=O)c2ccccc2)C[C@H](Cc2ccccc2)O1. The minimum atomic E-state index is -0.136. The van der Waals surface area contributed by atoms with E-state index in [1.807, 2.05) is 66.3 Å². The second kappa shape index (κ2) is 8.40. The molecule has 4 rings (SSSR count). The maximum atomic E-state index is 12.7. The molecule has 0 unspecified atom stereocenters. The van der Waals surface area contributed by atoms with E-state index < -0.39 is 0 Å². The fraction of sp³-hybridized carbons (Fsp3) is 0.304. The van der Waals surface area contributed by atoms with E-state index in [0.29, 0.717) is 12.0 Å². The molecular formula is C23H25N3O2. The van der Waals surface area contributed by atoms with E-state index in [9.17, 15) is 4.79 Å². The molecule has 1 aliphatic heterocycles. The lowest BCUT2D eigenvalue weighted by molar-refractivity contribution is -0.0664. The molecule has 144 valence electrons. The van der Waals surface area contributed by atoms with Crippen molar-refractivity contribution in [3.05, 3.63) is 90.0 Å². The highest BCUT2D eigenvalue weighted by molar-refractivity contribution is 5.94. The van der Waals surface area contributed by atoms with Gasteiger partial charge in [-0.25, -0.2) is 4.98 Å². The van der Waals surface area contributed by atoms with E-state index in [2.05, 4.69) is 22.4 Å². The maximum Gasteiger partial charge on any atom is 0.251 e. The number of aromatic nitrogens is 2. The van der Waals surface area contributed by atoms with Crippen LogP contribution in [0, 0.1) is 0 Å². The Morgan fingerprint density at radius 3 is 2.50 bits per heavy atom. The average molecular weight is 375 g/mol. The summed E-state index contributed by atoms with van der Waals surface area (Å²) in [5.74, 6) is 0.862. The van der Waals surface area contributed by atoms with Crippen LogP contribution in [0.15, 0.2) is 73.1 Å². The third-order valence-corrected chi connectivity index (χ3v) is 5.23. The minimum Gasteiger partial charge on any atom is -0.367 e. The molecule has 0 spiro atoms. The predicted molar refractivity (Wildman–Crippen MR) is 108 cm³/mol. The van der Waals surface area contributed by atoms with Gasteiger partial charge in [-0.1, -0.05) is 48.5 Å². The standard InChI is InChI=1S/C23H25N3O2/c1-26-13-12-24-22(26)21-16-19(25-23(27)18-10-6-3-7-11-18)15-20(28-21)14-17-8-4-2-5-9-17/h2-13,19-21H,14-16H2,1H3,(H,25,27)/t19-,20+,21+/m1/s1. The molecule has 0 aliphatic carbocycles. The van der Waals surface area contributed by atoms with Gasteiger partial charge in [0.05, 0.1) is 6.10 Å². The maximum absolute atomic E-state index is 12.7. The molecule has 0 saturated carbocycles. The van der Waals surface area contributed by atoms with Crippen molar-refractivity contribution >= 4 is 5.91 Å². The summed E-state index contributed by atoms with van der Waals surface area (Å²) in [5.41, 5.74) is 1.92. The van der Waals surface area contributed by atoms with Crippen LogP contribution in [-0.4, -0.2) is 27.6 Å². The molecule has 5 nitrogen and oxygen atoms in total. The zero-order valence-electron chi connectivity index (χ0n) is 16.0. The molecule has 2 heterocycles. The van der Waals surface area contributed by atoms with Gasteiger partial charge >= 0.3 is 0 Å². The first-order valence-electron chi connectivity index (χ1n) is 9.71. The lowest BCUT2D eigenvalue weighted by Crippen LogP contribution is -2.44. The first kappa shape index (κ1) is 18.4. The fourth-order valence-electron chi connectivity index (χ4n) is 3.85. The minimum absolute atomic E-state index is 0.0268. The van der Waals surface area contributed by atoms with Gasteiger partial charge in [0.15, 0.2) is 0 Å². The molecule has 3 aromatic rings. The Morgan fingerprint density at radius 2 is 1.82 bits per heavy atom. The normalized spacial score (nSPS) is 22.0. The third-order valence-electron chi connectivity index (χ3n) is 5.23. The molecule has 1 aromatic heterocycles. The van der Waals surface area contributed by atoms with Crippen molar-refractivity contribution in [3.8, 4) is 0 Å². The molecule has 5 heteroatoms. The predicted octanol–water partition coefficient (Wildman–Crippen LogP) is 3.68. The highest BCUT2D eigenvalue weighted by Crippen LogP contribution is 2.32. The largest absolute Gasteiger partial charge is 0.367 e. The highest BCUT2D eigenvalue weighted by Gasteiger charge is 2.33. The van der Waals surface area contributed by atoms with Gasteiger partial charge in [0, 0.05) is 37.5 Å². The fourth-order valence-corrected chi connectivity index (χ4v) is 3.85. The number of amides is 1. The number of nitrogens with one attached hydrogen (secondary N) is 1. The number of benzene rings is 2. The summed E-state index contributed by atoms with van der Waals surface area (Å²) in [6.07, 6.45) is 5.93. The number of carbonyl (C=O) groups is 1. The Morgan fingerprint density at radius 1 is 1.11 bits per heavy atom. The molecule has 3 atom stereocenters. The van der Waals surface area contributed by atoms with Gasteiger partial charge in [-0.05, 0) is 30.5 Å². The summed E-state index contributed by atoms with van der Waals surface area (Å²) in [6, 6.07) is 19.7. The summed E-state index contributed by atoms with van der Waals surface area (Å²) >= 11 is 0. The number of imidazole rings is 1. The Balaban J connectivity index is 1.51. The second-order valence-electron chi connectivity index (χ2n) is 7.34. The number of carbonyl (C=O) groups excluding carboxylic acids is 1. The molecular weight excluding hydrogens is 350 g/mol. The first-order chi connectivity index (χ1) is 13.7. The molecule has 0 radical (unpaired) electrons. The molecule has 1 aliphatic rings. The van der Waals surface area contributed by atoms with E-state index in [1.165, 1.54) is 5.56 Å². The van der Waals surface area contributed by atoms with Gasteiger partial charge in [0.2, 0.25) is 0 Å². The monoisotopic (exact) mass is 375 g/mol. The van der Waals surface area contributed by atoms with Crippen LogP contribution in [0.25, 0.3) is 0 Å². The van der Waals surface area contributed by atoms with Gasteiger partial charge in [-0.3, -0.25) is 4.79 Å². The van der Waals surface area contributed by atoms with Crippen molar-refractivity contribution in [3.63, 3.8) is 0 Å². The highest BCUT2D eigenvalue weighted by atomic mass is 16.5. The average Bonchev–Trinajstić information content (AvgIpc) is 3.15. The first-order valence-corrected chi connectivity index (χ1v) is 9.71. The molecule has 1 saturated heterocycles. The topological polar surface area (TPSA) is 56.2 Å². The van der Waals surface area contributed by atoms with E-state index in [0.717, 1.165) is 18.7 Å². The summed E-state index contributed by atoms with van der Waals surface area (Å²) in [4.78, 5) is 17.1. The Hall–Kier alpha value is -2.92. The zero-order chi connectivity index (χ0) is 19.3. The molecule has 1 amide bonds. The molecule has 28 heavy (non-hydrogen) atoms. The molecule has 1 N–H and O–H groups in total. The van der Waals surface area contributed by atoms with Crippen LogP contribution in [0.4, 0.5) is 0 Å². The number of ether oxygens (including phenoxy) is 1. The summed E-state index contributed by atoms with van der Waals surface area (Å²) in [6.45, 7) is 0. The molecule has 1 fully saturated rings. The van der Waals surface area contributed by atoms with Crippen LogP contribution in [0.5, 0.6) is 0 Å². The van der Waals surface area contributed by atoms with Gasteiger partial charge in [0.1, 0.15) is 11.9 Å². The summed E-state index contributed by atoms with van der Waals surface area (Å²) in [5, 5.41) is 3.21. The van der Waals surface area contributed by atoms with Crippen LogP contribution in [0.1, 0.15) is 40.7 Å². The Labute approximate surface area is 165 Å². The summed E-state index contributed by atoms with van der Waals surface area (Å²) in [7, 11) is 1.98. The molecule has 0 bridgehead atoms. The van der Waals surface area contributed by atoms with E-state index in [4.69, 9.17) is 4.74 Å². The number of hydrogen-bond acceptors (Lipinski definition) is 3. The second-order valence-corrected chi connectivity index (χ2v) is 7.34. The van der Waals surface area contributed by atoms with Crippen molar-refractivity contribution in [2.24, 2.45) is 7.05 Å². The third kappa shape index (κ3) is 4.31. The lowest BCUT2D eigenvalue weighted by Gasteiger charge is -2.35. The van der Waals surface area contributed by atoms with Crippen molar-refractivity contribution in [2.45, 2.75) is 37.5 Å². The summed E-state index contributed by atoms with van der Waals surface area (Å²) < 4.78 is 8.39. The number of nitrogens with zero attached hydrogens (tertiary/aromatic N) is 2. The van der Waals surface area contributed by atoms with Crippen molar-refractivity contribution in [2.75, 3.05) is 0 Å².